The van der Waals surface area contributed by atoms with Gasteiger partial charge in [0.25, 0.3) is 0 Å². The Bertz CT molecular complexity index is 625. The van der Waals surface area contributed by atoms with Crippen molar-refractivity contribution in [3.8, 4) is 6.07 Å². The second-order valence-corrected chi connectivity index (χ2v) is 6.64. The summed E-state index contributed by atoms with van der Waals surface area (Å²) in [6.45, 7) is 8.66. The maximum absolute atomic E-state index is 9.80. The van der Waals surface area contributed by atoms with Crippen molar-refractivity contribution >= 4 is 11.6 Å². The molecule has 5 heteroatoms. The summed E-state index contributed by atoms with van der Waals surface area (Å²) in [6.07, 6.45) is 6.55. The van der Waals surface area contributed by atoms with Crippen molar-refractivity contribution in [1.82, 2.24) is 0 Å². The molecular formula is C18H27N5+2. The van der Waals surface area contributed by atoms with Gasteiger partial charge in [0.1, 0.15) is 18.2 Å². The van der Waals surface area contributed by atoms with E-state index in [0.29, 0.717) is 0 Å². The largest absolute Gasteiger partial charge is 0.333 e. The van der Waals surface area contributed by atoms with Gasteiger partial charge in [-0.25, -0.2) is 4.98 Å². The van der Waals surface area contributed by atoms with Gasteiger partial charge in [0.05, 0.1) is 38.8 Å². The SMILES string of the molecule is C=CCNc1[nH+]c(N2CCCCC2)c(C#N)c2c1C[NH+](C)CC2. The topological polar surface area (TPSA) is 57.6 Å². The van der Waals surface area contributed by atoms with Crippen LogP contribution in [0.2, 0.25) is 0 Å². The van der Waals surface area contributed by atoms with Crippen LogP contribution in [0.1, 0.15) is 36.0 Å². The van der Waals surface area contributed by atoms with E-state index >= 15 is 0 Å². The maximum Gasteiger partial charge on any atom is 0.240 e. The van der Waals surface area contributed by atoms with E-state index < -0.39 is 0 Å². The first kappa shape index (κ1) is 15.8. The van der Waals surface area contributed by atoms with Gasteiger partial charge in [-0.1, -0.05) is 12.7 Å². The van der Waals surface area contributed by atoms with Crippen LogP contribution in [0.3, 0.4) is 0 Å². The number of anilines is 2. The van der Waals surface area contributed by atoms with Gasteiger partial charge < -0.3 is 10.2 Å². The lowest BCUT2D eigenvalue weighted by molar-refractivity contribution is -0.895. The summed E-state index contributed by atoms with van der Waals surface area (Å²) < 4.78 is 0. The van der Waals surface area contributed by atoms with Crippen LogP contribution < -0.4 is 20.1 Å². The Kier molecular flexibility index (Phi) is 4.82. The predicted octanol–water partition coefficient (Wildman–Crippen LogP) is 0.531. The van der Waals surface area contributed by atoms with Crippen LogP contribution >= 0.6 is 0 Å². The number of hydrogen-bond acceptors (Lipinski definition) is 3. The third-order valence-electron chi connectivity index (χ3n) is 4.94. The molecule has 0 spiro atoms. The molecule has 5 nitrogen and oxygen atoms in total. The van der Waals surface area contributed by atoms with Gasteiger partial charge in [-0.3, -0.25) is 4.90 Å². The van der Waals surface area contributed by atoms with Gasteiger partial charge in [0.15, 0.2) is 0 Å². The van der Waals surface area contributed by atoms with Crippen molar-refractivity contribution in [1.29, 1.82) is 5.26 Å². The first-order valence-corrected chi connectivity index (χ1v) is 8.66. The second-order valence-electron chi connectivity index (χ2n) is 6.64. The summed E-state index contributed by atoms with van der Waals surface area (Å²) in [5.41, 5.74) is 3.37. The number of hydrogen-bond donors (Lipinski definition) is 2. The number of fused-ring (bicyclic) bond motifs is 1. The Balaban J connectivity index is 2.08. The molecule has 1 fully saturated rings. The molecular weight excluding hydrogens is 286 g/mol. The van der Waals surface area contributed by atoms with E-state index in [1.165, 1.54) is 35.3 Å². The number of piperidine rings is 1. The van der Waals surface area contributed by atoms with Crippen molar-refractivity contribution < 1.29 is 9.88 Å². The van der Waals surface area contributed by atoms with Crippen LogP contribution in [0.25, 0.3) is 0 Å². The molecule has 0 radical (unpaired) electrons. The molecule has 3 N–H and O–H groups in total. The highest BCUT2D eigenvalue weighted by atomic mass is 15.2. The third kappa shape index (κ3) is 3.18. The normalized spacial score (nSPS) is 20.5. The summed E-state index contributed by atoms with van der Waals surface area (Å²) in [6, 6.07) is 2.49. The number of aromatic amines is 1. The molecule has 1 saturated heterocycles. The van der Waals surface area contributed by atoms with Gasteiger partial charge in [-0.05, 0) is 24.8 Å². The van der Waals surface area contributed by atoms with E-state index in [1.807, 2.05) is 6.08 Å². The van der Waals surface area contributed by atoms with Crippen molar-refractivity contribution in [3.05, 3.63) is 29.3 Å². The van der Waals surface area contributed by atoms with Gasteiger partial charge in [-0.2, -0.15) is 5.26 Å². The van der Waals surface area contributed by atoms with Crippen molar-refractivity contribution in [2.75, 3.05) is 43.4 Å². The molecule has 0 amide bonds. The number of H-pyrrole nitrogens is 1. The fourth-order valence-corrected chi connectivity index (χ4v) is 3.70. The fraction of sp³-hybridized carbons (Fsp3) is 0.556. The molecule has 1 atom stereocenters. The summed E-state index contributed by atoms with van der Waals surface area (Å²) in [4.78, 5) is 7.39. The average Bonchev–Trinajstić information content (AvgIpc) is 2.59. The molecule has 0 aliphatic carbocycles. The Morgan fingerprint density at radius 1 is 1.35 bits per heavy atom. The maximum atomic E-state index is 9.80. The minimum atomic E-state index is 0.729. The van der Waals surface area contributed by atoms with Crippen molar-refractivity contribution in [3.63, 3.8) is 0 Å². The van der Waals surface area contributed by atoms with Crippen LogP contribution in [0.5, 0.6) is 0 Å². The number of rotatable bonds is 4. The van der Waals surface area contributed by atoms with E-state index in [-0.39, 0.29) is 0 Å². The standard InChI is InChI=1S/C18H25N5/c1-3-8-20-17-16-13-22(2)11-7-14(16)15(12-19)18(21-17)23-9-5-4-6-10-23/h3H,1,4-11,13H2,2H3,(H,20,21)/p+2. The highest BCUT2D eigenvalue weighted by Crippen LogP contribution is 2.28. The summed E-state index contributed by atoms with van der Waals surface area (Å²) in [7, 11) is 2.21. The molecule has 2 aliphatic heterocycles. The lowest BCUT2D eigenvalue weighted by Crippen LogP contribution is -3.08. The summed E-state index contributed by atoms with van der Waals surface area (Å²) in [5, 5.41) is 13.2. The molecule has 1 aromatic heterocycles. The highest BCUT2D eigenvalue weighted by Gasteiger charge is 2.31. The van der Waals surface area contributed by atoms with Gasteiger partial charge in [0, 0.05) is 6.42 Å². The van der Waals surface area contributed by atoms with Gasteiger partial charge in [0.2, 0.25) is 11.6 Å². The Morgan fingerprint density at radius 2 is 2.13 bits per heavy atom. The zero-order chi connectivity index (χ0) is 16.2. The van der Waals surface area contributed by atoms with Crippen LogP contribution in [0, 0.1) is 11.3 Å². The lowest BCUT2D eigenvalue weighted by atomic mass is 9.95. The first-order chi connectivity index (χ1) is 11.2. The minimum Gasteiger partial charge on any atom is -0.333 e. The van der Waals surface area contributed by atoms with Crippen molar-refractivity contribution in [2.24, 2.45) is 0 Å². The molecule has 3 heterocycles. The molecule has 23 heavy (non-hydrogen) atoms. The fourth-order valence-electron chi connectivity index (χ4n) is 3.70. The van der Waals surface area contributed by atoms with Crippen LogP contribution in [0.4, 0.5) is 11.6 Å². The van der Waals surface area contributed by atoms with Crippen LogP contribution in [0.15, 0.2) is 12.7 Å². The predicted molar refractivity (Wildman–Crippen MR) is 91.6 cm³/mol. The van der Waals surface area contributed by atoms with E-state index in [9.17, 15) is 5.26 Å². The number of quaternary nitrogens is 1. The molecule has 1 aromatic rings. The number of nitrogens with one attached hydrogen (secondary N) is 3. The zero-order valence-corrected chi connectivity index (χ0v) is 14.0. The zero-order valence-electron chi connectivity index (χ0n) is 14.0. The summed E-state index contributed by atoms with van der Waals surface area (Å²) >= 11 is 0. The van der Waals surface area contributed by atoms with E-state index in [1.54, 1.807) is 0 Å². The summed E-state index contributed by atoms with van der Waals surface area (Å²) in [5.74, 6) is 2.08. The minimum absolute atomic E-state index is 0.729. The van der Waals surface area contributed by atoms with E-state index in [2.05, 4.69) is 34.9 Å². The van der Waals surface area contributed by atoms with Gasteiger partial charge >= 0.3 is 0 Å². The molecule has 2 aliphatic rings. The average molecular weight is 313 g/mol. The van der Waals surface area contributed by atoms with E-state index in [0.717, 1.165) is 56.3 Å². The Labute approximate surface area is 138 Å². The Hall–Kier alpha value is -2.06. The smallest absolute Gasteiger partial charge is 0.240 e. The highest BCUT2D eigenvalue weighted by molar-refractivity contribution is 5.61. The number of likely N-dealkylation sites (N-methyl/N-ethyl adjacent to an activating group) is 1. The van der Waals surface area contributed by atoms with Gasteiger partial charge in [-0.15, -0.1) is 0 Å². The molecule has 0 bridgehead atoms. The molecule has 3 rings (SSSR count). The number of aromatic nitrogens is 1. The quantitative estimate of drug-likeness (QED) is 0.798. The second kappa shape index (κ2) is 7.01. The molecule has 0 saturated carbocycles. The molecule has 1 unspecified atom stereocenters. The van der Waals surface area contributed by atoms with E-state index in [4.69, 9.17) is 0 Å². The Morgan fingerprint density at radius 3 is 2.83 bits per heavy atom. The molecule has 122 valence electrons. The number of nitrogens with zero attached hydrogens (tertiary/aromatic N) is 2. The first-order valence-electron chi connectivity index (χ1n) is 8.66. The molecule has 0 aromatic carbocycles. The van der Waals surface area contributed by atoms with Crippen LogP contribution in [-0.2, 0) is 13.0 Å². The monoisotopic (exact) mass is 313 g/mol. The lowest BCUT2D eigenvalue weighted by Gasteiger charge is -2.28. The number of pyridine rings is 1. The van der Waals surface area contributed by atoms with Crippen LogP contribution in [-0.4, -0.2) is 33.2 Å². The number of nitriles is 1. The third-order valence-corrected chi connectivity index (χ3v) is 4.94. The van der Waals surface area contributed by atoms with Crippen molar-refractivity contribution in [2.45, 2.75) is 32.2 Å².